The van der Waals surface area contributed by atoms with Gasteiger partial charge in [0.1, 0.15) is 0 Å². The lowest BCUT2D eigenvalue weighted by molar-refractivity contribution is -0.141. The topological polar surface area (TPSA) is 60.9 Å². The van der Waals surface area contributed by atoms with Crippen molar-refractivity contribution in [1.82, 2.24) is 9.80 Å². The highest BCUT2D eigenvalue weighted by molar-refractivity contribution is 5.75. The van der Waals surface area contributed by atoms with Gasteiger partial charge in [-0.2, -0.15) is 0 Å². The summed E-state index contributed by atoms with van der Waals surface area (Å²) < 4.78 is 0. The molecule has 0 rings (SSSR count). The molecule has 0 aliphatic heterocycles. The SMILES string of the molecule is CCN(CCC(=O)N(C)C)CC(C)C(=O)O. The number of hydrogen-bond donors (Lipinski definition) is 1. The van der Waals surface area contributed by atoms with Crippen LogP contribution in [0, 0.1) is 5.92 Å². The van der Waals surface area contributed by atoms with Gasteiger partial charge < -0.3 is 14.9 Å². The van der Waals surface area contributed by atoms with Crippen molar-refractivity contribution >= 4 is 11.9 Å². The fraction of sp³-hybridized carbons (Fsp3) is 0.818. The number of carbonyl (C=O) groups is 2. The van der Waals surface area contributed by atoms with E-state index in [0.29, 0.717) is 19.5 Å². The Morgan fingerprint density at radius 3 is 2.25 bits per heavy atom. The Morgan fingerprint density at radius 1 is 1.31 bits per heavy atom. The molecule has 5 nitrogen and oxygen atoms in total. The van der Waals surface area contributed by atoms with E-state index in [1.807, 2.05) is 11.8 Å². The Labute approximate surface area is 97.0 Å². The van der Waals surface area contributed by atoms with Crippen LogP contribution in [0.15, 0.2) is 0 Å². The number of aliphatic carboxylic acids is 1. The Kier molecular flexibility index (Phi) is 6.72. The van der Waals surface area contributed by atoms with Crippen LogP contribution in [0.2, 0.25) is 0 Å². The summed E-state index contributed by atoms with van der Waals surface area (Å²) in [5.41, 5.74) is 0. The van der Waals surface area contributed by atoms with Gasteiger partial charge in [0.25, 0.3) is 0 Å². The number of carbonyl (C=O) groups excluding carboxylic acids is 1. The quantitative estimate of drug-likeness (QED) is 0.692. The molecule has 5 heteroatoms. The highest BCUT2D eigenvalue weighted by Crippen LogP contribution is 2.01. The van der Waals surface area contributed by atoms with E-state index in [1.165, 1.54) is 0 Å². The molecular formula is C11H22N2O3. The zero-order valence-electron chi connectivity index (χ0n) is 10.6. The van der Waals surface area contributed by atoms with Crippen LogP contribution in [0.25, 0.3) is 0 Å². The lowest BCUT2D eigenvalue weighted by Gasteiger charge is -2.22. The van der Waals surface area contributed by atoms with E-state index < -0.39 is 11.9 Å². The van der Waals surface area contributed by atoms with Crippen LogP contribution in [0.3, 0.4) is 0 Å². The van der Waals surface area contributed by atoms with E-state index >= 15 is 0 Å². The van der Waals surface area contributed by atoms with Gasteiger partial charge in [0.05, 0.1) is 5.92 Å². The first kappa shape index (κ1) is 14.9. The molecule has 0 spiro atoms. The molecule has 0 heterocycles. The Balaban J connectivity index is 4.01. The van der Waals surface area contributed by atoms with E-state index in [-0.39, 0.29) is 5.91 Å². The van der Waals surface area contributed by atoms with Crippen LogP contribution in [0.5, 0.6) is 0 Å². The van der Waals surface area contributed by atoms with Crippen molar-refractivity contribution in [2.75, 3.05) is 33.7 Å². The summed E-state index contributed by atoms with van der Waals surface area (Å²) in [4.78, 5) is 25.6. The van der Waals surface area contributed by atoms with Crippen molar-refractivity contribution in [3.63, 3.8) is 0 Å². The van der Waals surface area contributed by atoms with Crippen molar-refractivity contribution in [1.29, 1.82) is 0 Å². The summed E-state index contributed by atoms with van der Waals surface area (Å²) in [6.07, 6.45) is 0.438. The molecule has 0 aromatic rings. The molecule has 0 aliphatic rings. The van der Waals surface area contributed by atoms with E-state index in [0.717, 1.165) is 6.54 Å². The molecule has 1 amide bonds. The van der Waals surface area contributed by atoms with Gasteiger partial charge in [0.15, 0.2) is 0 Å². The molecule has 0 bridgehead atoms. The minimum atomic E-state index is -0.794. The zero-order chi connectivity index (χ0) is 12.7. The van der Waals surface area contributed by atoms with Gasteiger partial charge in [-0.3, -0.25) is 9.59 Å². The third kappa shape index (κ3) is 5.70. The lowest BCUT2D eigenvalue weighted by Crippen LogP contribution is -2.35. The summed E-state index contributed by atoms with van der Waals surface area (Å²) in [5.74, 6) is -1.12. The molecule has 16 heavy (non-hydrogen) atoms. The van der Waals surface area contributed by atoms with Crippen molar-refractivity contribution in [2.45, 2.75) is 20.3 Å². The van der Waals surface area contributed by atoms with Crippen LogP contribution in [0.1, 0.15) is 20.3 Å². The van der Waals surface area contributed by atoms with Crippen molar-refractivity contribution < 1.29 is 14.7 Å². The second-order valence-corrected chi connectivity index (χ2v) is 4.17. The predicted octanol–water partition coefficient (Wildman–Crippen LogP) is 0.507. The number of nitrogens with zero attached hydrogens (tertiary/aromatic N) is 2. The first-order valence-electron chi connectivity index (χ1n) is 5.53. The zero-order valence-corrected chi connectivity index (χ0v) is 10.6. The molecule has 0 aromatic carbocycles. The van der Waals surface area contributed by atoms with E-state index in [2.05, 4.69) is 0 Å². The van der Waals surface area contributed by atoms with Crippen LogP contribution in [-0.4, -0.2) is 60.5 Å². The van der Waals surface area contributed by atoms with E-state index in [4.69, 9.17) is 5.11 Å². The first-order chi connectivity index (χ1) is 7.38. The molecule has 0 saturated heterocycles. The largest absolute Gasteiger partial charge is 0.481 e. The molecular weight excluding hydrogens is 208 g/mol. The van der Waals surface area contributed by atoms with Gasteiger partial charge >= 0.3 is 5.97 Å². The van der Waals surface area contributed by atoms with Crippen molar-refractivity contribution in [3.05, 3.63) is 0 Å². The number of hydrogen-bond acceptors (Lipinski definition) is 3. The second-order valence-electron chi connectivity index (χ2n) is 4.17. The molecule has 0 radical (unpaired) electrons. The summed E-state index contributed by atoms with van der Waals surface area (Å²) in [6, 6.07) is 0. The summed E-state index contributed by atoms with van der Waals surface area (Å²) in [5, 5.41) is 8.79. The van der Waals surface area contributed by atoms with E-state index in [1.54, 1.807) is 25.9 Å². The fourth-order valence-electron chi connectivity index (χ4n) is 1.32. The van der Waals surface area contributed by atoms with Crippen LogP contribution < -0.4 is 0 Å². The lowest BCUT2D eigenvalue weighted by atomic mass is 10.1. The Bertz CT molecular complexity index is 241. The molecule has 1 atom stereocenters. The number of rotatable bonds is 7. The maximum Gasteiger partial charge on any atom is 0.307 e. The number of carboxylic acids is 1. The highest BCUT2D eigenvalue weighted by Gasteiger charge is 2.16. The molecule has 0 aromatic heterocycles. The molecule has 0 fully saturated rings. The van der Waals surface area contributed by atoms with Gasteiger partial charge in [0.2, 0.25) is 5.91 Å². The molecule has 94 valence electrons. The second kappa shape index (κ2) is 7.22. The van der Waals surface area contributed by atoms with Gasteiger partial charge in [-0.15, -0.1) is 0 Å². The average molecular weight is 230 g/mol. The van der Waals surface area contributed by atoms with Crippen LogP contribution >= 0.6 is 0 Å². The van der Waals surface area contributed by atoms with Crippen molar-refractivity contribution in [3.8, 4) is 0 Å². The number of carboxylic acid groups (broad SMARTS) is 1. The Hall–Kier alpha value is -1.10. The molecule has 0 saturated carbocycles. The molecule has 1 N–H and O–H groups in total. The molecule has 1 unspecified atom stereocenters. The summed E-state index contributed by atoms with van der Waals surface area (Å²) >= 11 is 0. The van der Waals surface area contributed by atoms with Crippen molar-refractivity contribution in [2.24, 2.45) is 5.92 Å². The molecule has 0 aliphatic carbocycles. The maximum atomic E-state index is 11.4. The predicted molar refractivity (Wildman–Crippen MR) is 62.2 cm³/mol. The minimum Gasteiger partial charge on any atom is -0.481 e. The standard InChI is InChI=1S/C11H22N2O3/c1-5-13(8-9(2)11(15)16)7-6-10(14)12(3)4/h9H,5-8H2,1-4H3,(H,15,16). The normalized spacial score (nSPS) is 12.6. The van der Waals surface area contributed by atoms with Gasteiger partial charge in [-0.05, 0) is 6.54 Å². The van der Waals surface area contributed by atoms with Crippen LogP contribution in [0.4, 0.5) is 0 Å². The smallest absolute Gasteiger partial charge is 0.307 e. The number of amides is 1. The fourth-order valence-corrected chi connectivity index (χ4v) is 1.32. The summed E-state index contributed by atoms with van der Waals surface area (Å²) in [7, 11) is 3.44. The van der Waals surface area contributed by atoms with Gasteiger partial charge in [-0.1, -0.05) is 13.8 Å². The van der Waals surface area contributed by atoms with Gasteiger partial charge in [-0.25, -0.2) is 0 Å². The summed E-state index contributed by atoms with van der Waals surface area (Å²) in [6.45, 7) is 5.52. The monoisotopic (exact) mass is 230 g/mol. The average Bonchev–Trinajstić information content (AvgIpc) is 2.22. The Morgan fingerprint density at radius 2 is 1.88 bits per heavy atom. The third-order valence-electron chi connectivity index (χ3n) is 2.54. The highest BCUT2D eigenvalue weighted by atomic mass is 16.4. The first-order valence-corrected chi connectivity index (χ1v) is 5.53. The van der Waals surface area contributed by atoms with Gasteiger partial charge in [0, 0.05) is 33.6 Å². The maximum absolute atomic E-state index is 11.4. The third-order valence-corrected chi connectivity index (χ3v) is 2.54. The minimum absolute atomic E-state index is 0.0708. The van der Waals surface area contributed by atoms with E-state index in [9.17, 15) is 9.59 Å². The van der Waals surface area contributed by atoms with Crippen LogP contribution in [-0.2, 0) is 9.59 Å².